The first-order chi connectivity index (χ1) is 13.3. The first kappa shape index (κ1) is 19.9. The molecule has 2 aromatic carbocycles. The molecule has 4 nitrogen and oxygen atoms in total. The third-order valence-corrected chi connectivity index (χ3v) is 6.43. The molecule has 0 aliphatic rings. The van der Waals surface area contributed by atoms with Gasteiger partial charge in [-0.15, -0.1) is 0 Å². The number of rotatable bonds is 6. The van der Waals surface area contributed by atoms with E-state index in [1.165, 1.54) is 36.7 Å². The maximum Gasteiger partial charge on any atom is 0.189 e. The quantitative estimate of drug-likeness (QED) is 0.602. The van der Waals surface area contributed by atoms with E-state index in [0.717, 1.165) is 18.2 Å². The maximum absolute atomic E-state index is 14.6. The number of aromatic nitrogens is 1. The molecule has 0 spiro atoms. The summed E-state index contributed by atoms with van der Waals surface area (Å²) in [5.41, 5.74) is 0.643. The standard InChI is InChI=1S/C21H19F2NO3S/c1-3-27-16-5-7-17(8-6-16)28(25,26)21(19-13-24-11-10-14(19)2)18-12-15(22)4-9-20(18)23/h4-13,21H,3H2,1-2H3. The summed E-state index contributed by atoms with van der Waals surface area (Å²) in [7, 11) is -4.10. The maximum atomic E-state index is 14.6. The van der Waals surface area contributed by atoms with Gasteiger partial charge in [-0.2, -0.15) is 0 Å². The average Bonchev–Trinajstić information content (AvgIpc) is 2.67. The summed E-state index contributed by atoms with van der Waals surface area (Å²) in [6.07, 6.45) is 2.89. The smallest absolute Gasteiger partial charge is 0.189 e. The molecule has 7 heteroatoms. The monoisotopic (exact) mass is 403 g/mol. The number of hydrogen-bond acceptors (Lipinski definition) is 4. The van der Waals surface area contributed by atoms with Gasteiger partial charge in [0.05, 0.1) is 11.5 Å². The molecule has 1 atom stereocenters. The zero-order chi connectivity index (χ0) is 20.3. The lowest BCUT2D eigenvalue weighted by atomic mass is 10.0. The molecule has 1 heterocycles. The topological polar surface area (TPSA) is 56.3 Å². The van der Waals surface area contributed by atoms with Crippen LogP contribution in [0.1, 0.15) is 28.9 Å². The highest BCUT2D eigenvalue weighted by Gasteiger charge is 2.34. The third kappa shape index (κ3) is 3.89. The van der Waals surface area contributed by atoms with Gasteiger partial charge in [0.2, 0.25) is 0 Å². The van der Waals surface area contributed by atoms with Crippen molar-refractivity contribution < 1.29 is 21.9 Å². The molecule has 28 heavy (non-hydrogen) atoms. The fourth-order valence-corrected chi connectivity index (χ4v) is 4.88. The Morgan fingerprint density at radius 1 is 1.04 bits per heavy atom. The molecular formula is C21H19F2NO3S. The van der Waals surface area contributed by atoms with Gasteiger partial charge in [0.15, 0.2) is 9.84 Å². The predicted octanol–water partition coefficient (Wildman–Crippen LogP) is 4.63. The summed E-state index contributed by atoms with van der Waals surface area (Å²) in [5.74, 6) is -0.999. The molecule has 0 radical (unpaired) electrons. The molecule has 146 valence electrons. The summed E-state index contributed by atoms with van der Waals surface area (Å²) in [6.45, 7) is 3.96. The number of aryl methyl sites for hydroxylation is 1. The Morgan fingerprint density at radius 3 is 2.39 bits per heavy atom. The van der Waals surface area contributed by atoms with E-state index in [-0.39, 0.29) is 10.5 Å². The van der Waals surface area contributed by atoms with Crippen LogP contribution in [0, 0.1) is 18.6 Å². The van der Waals surface area contributed by atoms with Crippen LogP contribution < -0.4 is 4.74 Å². The molecule has 0 fully saturated rings. The van der Waals surface area contributed by atoms with Gasteiger partial charge in [-0.25, -0.2) is 17.2 Å². The van der Waals surface area contributed by atoms with Crippen molar-refractivity contribution in [3.05, 3.63) is 89.2 Å². The SMILES string of the molecule is CCOc1ccc(S(=O)(=O)C(c2cnccc2C)c2cc(F)ccc2F)cc1. The van der Waals surface area contributed by atoms with Crippen molar-refractivity contribution in [2.24, 2.45) is 0 Å². The molecule has 0 aliphatic carbocycles. The van der Waals surface area contributed by atoms with Crippen molar-refractivity contribution in [2.75, 3.05) is 6.61 Å². The first-order valence-corrected chi connectivity index (χ1v) is 10.2. The molecule has 1 unspecified atom stereocenters. The predicted molar refractivity (Wildman–Crippen MR) is 102 cm³/mol. The van der Waals surface area contributed by atoms with Crippen LogP contribution in [0.2, 0.25) is 0 Å². The number of benzene rings is 2. The summed E-state index contributed by atoms with van der Waals surface area (Å²) < 4.78 is 60.7. The minimum absolute atomic E-state index is 0.0205. The Balaban J connectivity index is 2.21. The number of pyridine rings is 1. The molecule has 0 aliphatic heterocycles. The van der Waals surface area contributed by atoms with Crippen LogP contribution in [0.3, 0.4) is 0 Å². The van der Waals surface area contributed by atoms with Gasteiger partial charge in [0.1, 0.15) is 22.6 Å². The van der Waals surface area contributed by atoms with Crippen LogP contribution in [-0.2, 0) is 9.84 Å². The fraction of sp³-hybridized carbons (Fsp3) is 0.190. The van der Waals surface area contributed by atoms with E-state index in [1.807, 2.05) is 6.92 Å². The van der Waals surface area contributed by atoms with Gasteiger partial charge >= 0.3 is 0 Å². The van der Waals surface area contributed by atoms with E-state index >= 15 is 0 Å². The van der Waals surface area contributed by atoms with Crippen LogP contribution >= 0.6 is 0 Å². The second-order valence-electron chi connectivity index (χ2n) is 6.23. The highest BCUT2D eigenvalue weighted by Crippen LogP contribution is 2.38. The van der Waals surface area contributed by atoms with Crippen LogP contribution in [0.25, 0.3) is 0 Å². The van der Waals surface area contributed by atoms with Crippen LogP contribution in [0.5, 0.6) is 5.75 Å². The number of sulfone groups is 1. The normalized spacial score (nSPS) is 12.6. The van der Waals surface area contributed by atoms with Gasteiger partial charge in [-0.05, 0) is 73.5 Å². The summed E-state index contributed by atoms with van der Waals surface area (Å²) in [5, 5.41) is -1.44. The van der Waals surface area contributed by atoms with E-state index in [0.29, 0.717) is 23.5 Å². The number of hydrogen-bond donors (Lipinski definition) is 0. The molecule has 3 aromatic rings. The minimum atomic E-state index is -4.10. The van der Waals surface area contributed by atoms with Crippen molar-refractivity contribution in [3.63, 3.8) is 0 Å². The Kier molecular flexibility index (Phi) is 5.74. The Bertz CT molecular complexity index is 1080. The summed E-state index contributed by atoms with van der Waals surface area (Å²) >= 11 is 0. The number of nitrogens with zero attached hydrogens (tertiary/aromatic N) is 1. The van der Waals surface area contributed by atoms with Gasteiger partial charge in [-0.1, -0.05) is 0 Å². The lowest BCUT2D eigenvalue weighted by Crippen LogP contribution is -2.18. The summed E-state index contributed by atoms with van der Waals surface area (Å²) in [6, 6.07) is 10.3. The highest BCUT2D eigenvalue weighted by atomic mass is 32.2. The van der Waals surface area contributed by atoms with Crippen LogP contribution in [-0.4, -0.2) is 20.0 Å². The second-order valence-corrected chi connectivity index (χ2v) is 8.26. The van der Waals surface area contributed by atoms with Crippen molar-refractivity contribution in [1.29, 1.82) is 0 Å². The van der Waals surface area contributed by atoms with Crippen molar-refractivity contribution in [1.82, 2.24) is 4.98 Å². The lowest BCUT2D eigenvalue weighted by molar-refractivity contribution is 0.340. The highest BCUT2D eigenvalue weighted by molar-refractivity contribution is 7.92. The molecule has 3 rings (SSSR count). The van der Waals surface area contributed by atoms with E-state index in [4.69, 9.17) is 4.74 Å². The third-order valence-electron chi connectivity index (χ3n) is 4.38. The van der Waals surface area contributed by atoms with E-state index in [1.54, 1.807) is 13.0 Å². The molecular weight excluding hydrogens is 384 g/mol. The Labute approximate surface area is 162 Å². The van der Waals surface area contributed by atoms with E-state index in [2.05, 4.69) is 4.98 Å². The molecule has 1 aromatic heterocycles. The zero-order valence-corrected chi connectivity index (χ0v) is 16.2. The van der Waals surface area contributed by atoms with Gasteiger partial charge in [-0.3, -0.25) is 4.98 Å². The Morgan fingerprint density at radius 2 is 1.75 bits per heavy atom. The zero-order valence-electron chi connectivity index (χ0n) is 15.4. The average molecular weight is 403 g/mol. The minimum Gasteiger partial charge on any atom is -0.494 e. The molecule has 0 saturated carbocycles. The molecule has 0 bridgehead atoms. The van der Waals surface area contributed by atoms with Crippen LogP contribution in [0.4, 0.5) is 8.78 Å². The van der Waals surface area contributed by atoms with Gasteiger partial charge in [0.25, 0.3) is 0 Å². The van der Waals surface area contributed by atoms with Gasteiger partial charge < -0.3 is 4.74 Å². The molecule has 0 N–H and O–H groups in total. The summed E-state index contributed by atoms with van der Waals surface area (Å²) in [4.78, 5) is 3.97. The van der Waals surface area contributed by atoms with Gasteiger partial charge in [0, 0.05) is 18.0 Å². The number of ether oxygens (including phenoxy) is 1. The fourth-order valence-electron chi connectivity index (χ4n) is 3.00. The largest absolute Gasteiger partial charge is 0.494 e. The first-order valence-electron chi connectivity index (χ1n) is 8.66. The van der Waals surface area contributed by atoms with E-state index < -0.39 is 26.7 Å². The van der Waals surface area contributed by atoms with Crippen molar-refractivity contribution >= 4 is 9.84 Å². The molecule has 0 saturated heterocycles. The van der Waals surface area contributed by atoms with Crippen molar-refractivity contribution in [2.45, 2.75) is 24.0 Å². The molecule has 0 amide bonds. The Hall–Kier alpha value is -2.80. The van der Waals surface area contributed by atoms with E-state index in [9.17, 15) is 17.2 Å². The van der Waals surface area contributed by atoms with Crippen LogP contribution in [0.15, 0.2) is 65.8 Å². The second kappa shape index (κ2) is 8.06. The van der Waals surface area contributed by atoms with Crippen molar-refractivity contribution in [3.8, 4) is 5.75 Å². The lowest BCUT2D eigenvalue weighted by Gasteiger charge is -2.21. The number of halogens is 2.